The molecular formula is C13H17BrFNO. The van der Waals surface area contributed by atoms with Gasteiger partial charge in [0.15, 0.2) is 0 Å². The molecule has 1 aliphatic rings. The quantitative estimate of drug-likeness (QED) is 0.901. The van der Waals surface area contributed by atoms with E-state index in [0.29, 0.717) is 13.0 Å². The van der Waals surface area contributed by atoms with E-state index in [1.807, 2.05) is 0 Å². The van der Waals surface area contributed by atoms with Crippen molar-refractivity contribution in [1.82, 2.24) is 0 Å². The Morgan fingerprint density at radius 2 is 2.29 bits per heavy atom. The Morgan fingerprint density at radius 3 is 2.82 bits per heavy atom. The summed E-state index contributed by atoms with van der Waals surface area (Å²) in [5, 5.41) is 10.1. The summed E-state index contributed by atoms with van der Waals surface area (Å²) in [6.07, 6.45) is 3.12. The number of benzene rings is 1. The molecule has 2 nitrogen and oxygen atoms in total. The number of hydrogen-bond acceptors (Lipinski definition) is 2. The Bertz CT molecular complexity index is 412. The molecule has 3 N–H and O–H groups in total. The van der Waals surface area contributed by atoms with Gasteiger partial charge < -0.3 is 10.8 Å². The standard InChI is InChI=1S/C13H17BrFNO/c14-11-6-10(15)4-3-9(11)7-13(8-16)5-1-2-12(13)17/h3-4,6,12,17H,1-2,5,7-8,16H2. The maximum atomic E-state index is 13.0. The van der Waals surface area contributed by atoms with Gasteiger partial charge in [0, 0.05) is 16.4 Å². The third-order valence-electron chi connectivity index (χ3n) is 3.82. The number of aliphatic hydroxyl groups excluding tert-OH is 1. The van der Waals surface area contributed by atoms with Crippen molar-refractivity contribution in [2.45, 2.75) is 31.8 Å². The lowest BCUT2D eigenvalue weighted by molar-refractivity contribution is 0.0587. The lowest BCUT2D eigenvalue weighted by Gasteiger charge is -2.31. The smallest absolute Gasteiger partial charge is 0.124 e. The summed E-state index contributed by atoms with van der Waals surface area (Å²) in [6, 6.07) is 4.67. The van der Waals surface area contributed by atoms with E-state index in [4.69, 9.17) is 5.73 Å². The van der Waals surface area contributed by atoms with Crippen molar-refractivity contribution in [3.05, 3.63) is 34.1 Å². The van der Waals surface area contributed by atoms with E-state index < -0.39 is 0 Å². The van der Waals surface area contributed by atoms with Crippen LogP contribution in [0, 0.1) is 11.2 Å². The highest BCUT2D eigenvalue weighted by atomic mass is 79.9. The van der Waals surface area contributed by atoms with Gasteiger partial charge in [-0.1, -0.05) is 28.4 Å². The maximum absolute atomic E-state index is 13.0. The average molecular weight is 302 g/mol. The summed E-state index contributed by atoms with van der Waals surface area (Å²) in [7, 11) is 0. The van der Waals surface area contributed by atoms with Crippen LogP contribution in [0.4, 0.5) is 4.39 Å². The van der Waals surface area contributed by atoms with Gasteiger partial charge >= 0.3 is 0 Å². The number of aliphatic hydroxyl groups is 1. The van der Waals surface area contributed by atoms with E-state index in [2.05, 4.69) is 15.9 Å². The lowest BCUT2D eigenvalue weighted by Crippen LogP contribution is -2.39. The topological polar surface area (TPSA) is 46.2 Å². The molecule has 0 spiro atoms. The van der Waals surface area contributed by atoms with Crippen LogP contribution in [0.15, 0.2) is 22.7 Å². The van der Waals surface area contributed by atoms with Crippen LogP contribution in [0.25, 0.3) is 0 Å². The Labute approximate surface area is 109 Å². The molecule has 94 valence electrons. The first-order chi connectivity index (χ1) is 8.07. The van der Waals surface area contributed by atoms with Gasteiger partial charge in [-0.25, -0.2) is 4.39 Å². The van der Waals surface area contributed by atoms with E-state index >= 15 is 0 Å². The predicted octanol–water partition coefficient (Wildman–Crippen LogP) is 2.62. The van der Waals surface area contributed by atoms with Crippen LogP contribution in [0.2, 0.25) is 0 Å². The molecule has 1 aromatic carbocycles. The minimum atomic E-state index is -0.343. The second-order valence-electron chi connectivity index (χ2n) is 4.89. The van der Waals surface area contributed by atoms with E-state index in [-0.39, 0.29) is 17.3 Å². The summed E-state index contributed by atoms with van der Waals surface area (Å²) in [5.41, 5.74) is 6.61. The average Bonchev–Trinajstić information content (AvgIpc) is 2.65. The Hall–Kier alpha value is -0.450. The zero-order chi connectivity index (χ0) is 12.5. The monoisotopic (exact) mass is 301 g/mol. The summed E-state index contributed by atoms with van der Waals surface area (Å²) >= 11 is 3.37. The molecule has 0 saturated heterocycles. The molecule has 0 heterocycles. The first kappa shape index (κ1) is 13.0. The van der Waals surface area contributed by atoms with E-state index in [9.17, 15) is 9.50 Å². The van der Waals surface area contributed by atoms with Crippen LogP contribution in [0.1, 0.15) is 24.8 Å². The number of rotatable bonds is 3. The van der Waals surface area contributed by atoms with Crippen LogP contribution < -0.4 is 5.73 Å². The molecule has 0 amide bonds. The van der Waals surface area contributed by atoms with Crippen LogP contribution in [-0.2, 0) is 6.42 Å². The van der Waals surface area contributed by atoms with Crippen molar-refractivity contribution in [1.29, 1.82) is 0 Å². The fourth-order valence-electron chi connectivity index (χ4n) is 2.68. The molecule has 0 aromatic heterocycles. The van der Waals surface area contributed by atoms with Gasteiger partial charge in [0.1, 0.15) is 5.82 Å². The molecule has 1 aliphatic carbocycles. The minimum Gasteiger partial charge on any atom is -0.392 e. The number of halogens is 2. The highest BCUT2D eigenvalue weighted by Gasteiger charge is 2.41. The second kappa shape index (κ2) is 5.04. The van der Waals surface area contributed by atoms with Crippen LogP contribution >= 0.6 is 15.9 Å². The molecule has 0 aliphatic heterocycles. The van der Waals surface area contributed by atoms with Crippen LogP contribution in [0.3, 0.4) is 0 Å². The fraction of sp³-hybridized carbons (Fsp3) is 0.538. The summed E-state index contributed by atoms with van der Waals surface area (Å²) in [5.74, 6) is -0.255. The molecule has 0 radical (unpaired) electrons. The Morgan fingerprint density at radius 1 is 1.53 bits per heavy atom. The van der Waals surface area contributed by atoms with Gasteiger partial charge in [0.2, 0.25) is 0 Å². The molecule has 1 aromatic rings. The third-order valence-corrected chi connectivity index (χ3v) is 4.56. The van der Waals surface area contributed by atoms with Gasteiger partial charge in [-0.05, 0) is 37.0 Å². The first-order valence-electron chi connectivity index (χ1n) is 5.89. The van der Waals surface area contributed by atoms with Gasteiger partial charge in [-0.3, -0.25) is 0 Å². The highest BCUT2D eigenvalue weighted by molar-refractivity contribution is 9.10. The Balaban J connectivity index is 2.24. The van der Waals surface area contributed by atoms with Crippen LogP contribution in [0.5, 0.6) is 0 Å². The SMILES string of the molecule is NCC1(Cc2ccc(F)cc2Br)CCCC1O. The number of nitrogens with two attached hydrogens (primary N) is 1. The van der Waals surface area contributed by atoms with Gasteiger partial charge in [0.05, 0.1) is 6.10 Å². The lowest BCUT2D eigenvalue weighted by atomic mass is 9.78. The molecule has 2 atom stereocenters. The maximum Gasteiger partial charge on any atom is 0.124 e. The van der Waals surface area contributed by atoms with E-state index in [1.165, 1.54) is 12.1 Å². The molecular weight excluding hydrogens is 285 g/mol. The third kappa shape index (κ3) is 2.54. The molecule has 4 heteroatoms. The van der Waals surface area contributed by atoms with Crippen LogP contribution in [-0.4, -0.2) is 17.8 Å². The summed E-state index contributed by atoms with van der Waals surface area (Å²) < 4.78 is 13.8. The van der Waals surface area contributed by atoms with Gasteiger partial charge in [0.25, 0.3) is 0 Å². The molecule has 17 heavy (non-hydrogen) atoms. The van der Waals surface area contributed by atoms with E-state index in [1.54, 1.807) is 6.07 Å². The molecule has 2 rings (SSSR count). The highest BCUT2D eigenvalue weighted by Crippen LogP contribution is 2.41. The van der Waals surface area contributed by atoms with Gasteiger partial charge in [-0.15, -0.1) is 0 Å². The first-order valence-corrected chi connectivity index (χ1v) is 6.69. The normalized spacial score (nSPS) is 28.6. The Kier molecular flexibility index (Phi) is 3.85. The fourth-order valence-corrected chi connectivity index (χ4v) is 3.17. The predicted molar refractivity (Wildman–Crippen MR) is 69.1 cm³/mol. The van der Waals surface area contributed by atoms with Crippen molar-refractivity contribution < 1.29 is 9.50 Å². The minimum absolute atomic E-state index is 0.236. The largest absolute Gasteiger partial charge is 0.392 e. The molecule has 2 unspecified atom stereocenters. The number of hydrogen-bond donors (Lipinski definition) is 2. The molecule has 0 bridgehead atoms. The molecule has 1 saturated carbocycles. The van der Waals surface area contributed by atoms with Crippen molar-refractivity contribution in [2.75, 3.05) is 6.54 Å². The van der Waals surface area contributed by atoms with Crippen molar-refractivity contribution in [2.24, 2.45) is 11.1 Å². The summed E-state index contributed by atoms with van der Waals surface area (Å²) in [6.45, 7) is 0.470. The van der Waals surface area contributed by atoms with Crippen molar-refractivity contribution in [3.63, 3.8) is 0 Å². The zero-order valence-corrected chi connectivity index (χ0v) is 11.2. The zero-order valence-electron chi connectivity index (χ0n) is 9.63. The van der Waals surface area contributed by atoms with Gasteiger partial charge in [-0.2, -0.15) is 0 Å². The van der Waals surface area contributed by atoms with Crippen molar-refractivity contribution >= 4 is 15.9 Å². The van der Waals surface area contributed by atoms with E-state index in [0.717, 1.165) is 29.3 Å². The second-order valence-corrected chi connectivity index (χ2v) is 5.74. The molecule has 1 fully saturated rings. The van der Waals surface area contributed by atoms with Crippen molar-refractivity contribution in [3.8, 4) is 0 Å². The summed E-state index contributed by atoms with van der Waals surface area (Å²) in [4.78, 5) is 0.